The van der Waals surface area contributed by atoms with Crippen LogP contribution < -0.4 is 11.1 Å². The monoisotopic (exact) mass is 377 g/mol. The maximum absolute atomic E-state index is 12.3. The quantitative estimate of drug-likeness (QED) is 0.683. The van der Waals surface area contributed by atoms with Gasteiger partial charge in [-0.05, 0) is 38.0 Å². The van der Waals surface area contributed by atoms with Gasteiger partial charge in [-0.1, -0.05) is 11.2 Å². The second-order valence-corrected chi connectivity index (χ2v) is 6.93. The van der Waals surface area contributed by atoms with Crippen molar-refractivity contribution in [2.75, 3.05) is 25.7 Å². The third-order valence-corrected chi connectivity index (χ3v) is 4.05. The minimum Gasteiger partial charge on any atom is -0.366 e. The van der Waals surface area contributed by atoms with Gasteiger partial charge in [-0.3, -0.25) is 9.59 Å². The van der Waals surface area contributed by atoms with Gasteiger partial charge in [-0.25, -0.2) is 0 Å². The number of anilines is 1. The molecule has 0 atom stereocenters. The number of nitrogens with two attached hydrogens (primary N) is 1. The Balaban J connectivity index is 2.03. The second-order valence-electron chi connectivity index (χ2n) is 6.06. The molecule has 0 saturated heterocycles. The fraction of sp³-hybridized carbons (Fsp3) is 0.412. The fourth-order valence-corrected chi connectivity index (χ4v) is 2.71. The molecular weight excluding hydrogens is 354 g/mol. The molecule has 8 nitrogen and oxygen atoms in total. The summed E-state index contributed by atoms with van der Waals surface area (Å²) in [6.45, 7) is 0.621. The third-order valence-electron chi connectivity index (χ3n) is 3.50. The number of rotatable bonds is 9. The highest BCUT2D eigenvalue weighted by atomic mass is 32.2. The first-order valence-corrected chi connectivity index (χ1v) is 9.46. The number of nitrogens with one attached hydrogen (secondary N) is 1. The Morgan fingerprint density at radius 3 is 2.77 bits per heavy atom. The van der Waals surface area contributed by atoms with E-state index in [0.29, 0.717) is 41.7 Å². The molecule has 0 aliphatic carbocycles. The summed E-state index contributed by atoms with van der Waals surface area (Å²) in [5.41, 5.74) is 7.16. The van der Waals surface area contributed by atoms with E-state index in [-0.39, 0.29) is 12.3 Å². The Hall–Kier alpha value is -2.39. The predicted octanol–water partition coefficient (Wildman–Crippen LogP) is 1.66. The molecule has 0 aliphatic rings. The van der Waals surface area contributed by atoms with Crippen LogP contribution in [-0.2, 0) is 23.5 Å². The Bertz CT molecular complexity index is 776. The molecule has 1 aromatic carbocycles. The van der Waals surface area contributed by atoms with Crippen molar-refractivity contribution in [3.05, 3.63) is 41.0 Å². The summed E-state index contributed by atoms with van der Waals surface area (Å²) in [6.07, 6.45) is 2.50. The lowest BCUT2D eigenvalue weighted by atomic mass is 10.1. The van der Waals surface area contributed by atoms with E-state index in [0.717, 1.165) is 5.56 Å². The van der Waals surface area contributed by atoms with Crippen LogP contribution in [0.4, 0.5) is 5.69 Å². The smallest absolute Gasteiger partial charge is 0.248 e. The lowest BCUT2D eigenvalue weighted by molar-refractivity contribution is -0.116. The summed E-state index contributed by atoms with van der Waals surface area (Å²) in [6, 6.07) is 5.05. The Morgan fingerprint density at radius 1 is 1.35 bits per heavy atom. The van der Waals surface area contributed by atoms with Gasteiger partial charge in [0.2, 0.25) is 17.7 Å². The molecule has 0 fully saturated rings. The number of carbonyl (C=O) groups is 2. The summed E-state index contributed by atoms with van der Waals surface area (Å²) in [5.74, 6) is 0.989. The van der Waals surface area contributed by atoms with Crippen molar-refractivity contribution in [1.82, 2.24) is 15.0 Å². The number of benzene rings is 1. The van der Waals surface area contributed by atoms with Gasteiger partial charge in [0.15, 0.2) is 5.82 Å². The van der Waals surface area contributed by atoms with Gasteiger partial charge in [0, 0.05) is 30.6 Å². The first kappa shape index (κ1) is 19.9. The Morgan fingerprint density at radius 2 is 2.12 bits per heavy atom. The Kier molecular flexibility index (Phi) is 7.16. The highest BCUT2D eigenvalue weighted by molar-refractivity contribution is 7.97. The van der Waals surface area contributed by atoms with E-state index in [9.17, 15) is 9.59 Å². The maximum Gasteiger partial charge on any atom is 0.248 e. The van der Waals surface area contributed by atoms with Crippen LogP contribution in [0.15, 0.2) is 22.7 Å². The van der Waals surface area contributed by atoms with Gasteiger partial charge < -0.3 is 20.5 Å². The van der Waals surface area contributed by atoms with E-state index in [1.165, 1.54) is 0 Å². The highest BCUT2D eigenvalue weighted by Gasteiger charge is 2.13. The van der Waals surface area contributed by atoms with Crippen LogP contribution in [0.5, 0.6) is 0 Å². The molecule has 1 aromatic heterocycles. The number of hydrogen-bond donors (Lipinski definition) is 2. The molecule has 0 spiro atoms. The zero-order valence-corrected chi connectivity index (χ0v) is 15.9. The summed E-state index contributed by atoms with van der Waals surface area (Å²) >= 11 is 1.60. The number of thioether (sulfide) groups is 1. The summed E-state index contributed by atoms with van der Waals surface area (Å²) in [4.78, 5) is 29.9. The molecule has 1 heterocycles. The molecule has 0 unspecified atom stereocenters. The van der Waals surface area contributed by atoms with Crippen LogP contribution in [0, 0.1) is 0 Å². The molecule has 0 aliphatic heterocycles. The van der Waals surface area contributed by atoms with E-state index in [1.54, 1.807) is 30.0 Å². The molecule has 2 amide bonds. The summed E-state index contributed by atoms with van der Waals surface area (Å²) in [7, 11) is 3.85. The standard InChI is InChI=1S/C17H23N5O3S/c1-22(2)9-12-5-4-11(17(18)24)8-13(12)19-15(23)6-7-16-20-14(10-26-3)21-25-16/h4-5,8H,6-7,9-10H2,1-3H3,(H2,18,24)(H,19,23). The van der Waals surface area contributed by atoms with Crippen LogP contribution in [0.25, 0.3) is 0 Å². The molecule has 26 heavy (non-hydrogen) atoms. The Labute approximate surface area is 156 Å². The topological polar surface area (TPSA) is 114 Å². The van der Waals surface area contributed by atoms with Crippen molar-refractivity contribution < 1.29 is 14.1 Å². The molecule has 0 bridgehead atoms. The lowest BCUT2D eigenvalue weighted by Crippen LogP contribution is -2.18. The summed E-state index contributed by atoms with van der Waals surface area (Å²) in [5, 5.41) is 6.70. The molecule has 9 heteroatoms. The zero-order chi connectivity index (χ0) is 19.1. The van der Waals surface area contributed by atoms with Crippen LogP contribution in [0.2, 0.25) is 0 Å². The largest absolute Gasteiger partial charge is 0.366 e. The normalized spacial score (nSPS) is 10.9. The van der Waals surface area contributed by atoms with Gasteiger partial charge in [0.1, 0.15) is 0 Å². The van der Waals surface area contributed by atoms with E-state index < -0.39 is 5.91 Å². The van der Waals surface area contributed by atoms with Gasteiger partial charge in [0.25, 0.3) is 0 Å². The van der Waals surface area contributed by atoms with Crippen LogP contribution >= 0.6 is 11.8 Å². The van der Waals surface area contributed by atoms with Gasteiger partial charge in [0.05, 0.1) is 5.75 Å². The fourth-order valence-electron chi connectivity index (χ4n) is 2.34. The van der Waals surface area contributed by atoms with Crippen molar-refractivity contribution in [3.63, 3.8) is 0 Å². The molecular formula is C17H23N5O3S. The maximum atomic E-state index is 12.3. The highest BCUT2D eigenvalue weighted by Crippen LogP contribution is 2.20. The van der Waals surface area contributed by atoms with Crippen LogP contribution in [0.3, 0.4) is 0 Å². The SMILES string of the molecule is CSCc1noc(CCC(=O)Nc2cc(C(N)=O)ccc2CN(C)C)n1. The van der Waals surface area contributed by atoms with Crippen molar-refractivity contribution in [1.29, 1.82) is 0 Å². The minimum absolute atomic E-state index is 0.198. The average Bonchev–Trinajstić information content (AvgIpc) is 3.02. The average molecular weight is 377 g/mol. The molecule has 140 valence electrons. The van der Waals surface area contributed by atoms with Crippen LogP contribution in [0.1, 0.15) is 34.1 Å². The first-order chi connectivity index (χ1) is 12.4. The number of carbonyl (C=O) groups excluding carboxylic acids is 2. The number of aryl methyl sites for hydroxylation is 1. The lowest BCUT2D eigenvalue weighted by Gasteiger charge is -2.15. The number of amides is 2. The van der Waals surface area contributed by atoms with Crippen molar-refractivity contribution in [2.24, 2.45) is 5.73 Å². The first-order valence-electron chi connectivity index (χ1n) is 8.06. The third kappa shape index (κ3) is 5.85. The van der Waals surface area contributed by atoms with Crippen molar-refractivity contribution in [2.45, 2.75) is 25.1 Å². The number of hydrogen-bond acceptors (Lipinski definition) is 7. The molecule has 0 radical (unpaired) electrons. The van der Waals surface area contributed by atoms with Gasteiger partial charge in [-0.15, -0.1) is 0 Å². The number of primary amides is 1. The van der Waals surface area contributed by atoms with E-state index in [1.807, 2.05) is 25.3 Å². The molecule has 2 rings (SSSR count). The number of nitrogens with zero attached hydrogens (tertiary/aromatic N) is 3. The van der Waals surface area contributed by atoms with E-state index in [4.69, 9.17) is 10.3 Å². The molecule has 3 N–H and O–H groups in total. The minimum atomic E-state index is -0.538. The van der Waals surface area contributed by atoms with Crippen molar-refractivity contribution >= 4 is 29.3 Å². The molecule has 0 saturated carbocycles. The van der Waals surface area contributed by atoms with Crippen LogP contribution in [-0.4, -0.2) is 47.2 Å². The zero-order valence-electron chi connectivity index (χ0n) is 15.1. The van der Waals surface area contributed by atoms with Crippen molar-refractivity contribution in [3.8, 4) is 0 Å². The molecule has 2 aromatic rings. The number of aromatic nitrogens is 2. The second kappa shape index (κ2) is 9.35. The predicted molar refractivity (Wildman–Crippen MR) is 101 cm³/mol. The summed E-state index contributed by atoms with van der Waals surface area (Å²) < 4.78 is 5.12. The van der Waals surface area contributed by atoms with E-state index >= 15 is 0 Å². The van der Waals surface area contributed by atoms with Gasteiger partial charge >= 0.3 is 0 Å². The van der Waals surface area contributed by atoms with Gasteiger partial charge in [-0.2, -0.15) is 16.7 Å². The van der Waals surface area contributed by atoms with E-state index in [2.05, 4.69) is 15.5 Å².